The number of nitrogens with one attached hydrogen (secondary N) is 1. The Morgan fingerprint density at radius 1 is 1.06 bits per heavy atom. The third-order valence-electron chi connectivity index (χ3n) is 5.39. The van der Waals surface area contributed by atoms with Gasteiger partial charge in [-0.15, -0.1) is 0 Å². The van der Waals surface area contributed by atoms with E-state index < -0.39 is 11.9 Å². The van der Waals surface area contributed by atoms with Gasteiger partial charge in [0.15, 0.2) is 0 Å². The van der Waals surface area contributed by atoms with Crippen LogP contribution in [0.1, 0.15) is 34.6 Å². The van der Waals surface area contributed by atoms with Crippen molar-refractivity contribution < 1.29 is 14.7 Å². The highest BCUT2D eigenvalue weighted by molar-refractivity contribution is 9.10. The number of nitrogens with zero attached hydrogens (tertiary/aromatic N) is 1. The van der Waals surface area contributed by atoms with Gasteiger partial charge in [-0.1, -0.05) is 52.3 Å². The first-order chi connectivity index (χ1) is 15.4. The zero-order chi connectivity index (χ0) is 22.7. The average molecular weight is 492 g/mol. The van der Waals surface area contributed by atoms with Gasteiger partial charge in [-0.25, -0.2) is 0 Å². The van der Waals surface area contributed by atoms with E-state index in [4.69, 9.17) is 15.8 Å². The van der Waals surface area contributed by atoms with Gasteiger partial charge in [0.1, 0.15) is 5.92 Å². The van der Waals surface area contributed by atoms with Crippen LogP contribution in [-0.2, 0) is 22.6 Å². The molecule has 1 unspecified atom stereocenters. The number of carbonyl (C=O) groups excluding carboxylic acids is 1. The van der Waals surface area contributed by atoms with Gasteiger partial charge < -0.3 is 16.2 Å². The topological polar surface area (TPSA) is 105 Å². The maximum absolute atomic E-state index is 13.0. The van der Waals surface area contributed by atoms with Crippen LogP contribution in [0.15, 0.2) is 76.2 Å². The highest BCUT2D eigenvalue weighted by Crippen LogP contribution is 2.38. The van der Waals surface area contributed by atoms with Gasteiger partial charge in [0.25, 0.3) is 0 Å². The van der Waals surface area contributed by atoms with Crippen LogP contribution in [0.2, 0.25) is 0 Å². The number of carboxylic acid groups (broad SMARTS) is 1. The lowest BCUT2D eigenvalue weighted by atomic mass is 9.89. The molecule has 4 N–H and O–H groups in total. The minimum atomic E-state index is -0.848. The number of anilines is 1. The Labute approximate surface area is 194 Å². The highest BCUT2D eigenvalue weighted by atomic mass is 79.9. The molecule has 0 aromatic heterocycles. The van der Waals surface area contributed by atoms with Crippen LogP contribution in [0.3, 0.4) is 0 Å². The van der Waals surface area contributed by atoms with Crippen molar-refractivity contribution >= 4 is 44.9 Å². The monoisotopic (exact) mass is 491 g/mol. The number of halogens is 1. The third kappa shape index (κ3) is 4.79. The van der Waals surface area contributed by atoms with E-state index in [0.29, 0.717) is 24.4 Å². The molecule has 0 fully saturated rings. The number of aryl methyl sites for hydroxylation is 1. The molecule has 1 heterocycles. The molecule has 4 rings (SSSR count). The number of carboxylic acids is 1. The number of carbonyl (C=O) groups is 2. The molecule has 1 aliphatic heterocycles. The van der Waals surface area contributed by atoms with Crippen molar-refractivity contribution in [2.45, 2.75) is 25.3 Å². The van der Waals surface area contributed by atoms with Crippen molar-refractivity contribution in [1.82, 2.24) is 0 Å². The summed E-state index contributed by atoms with van der Waals surface area (Å²) >= 11 is 3.45. The van der Waals surface area contributed by atoms with Crippen LogP contribution in [0.4, 0.5) is 11.4 Å². The third-order valence-corrected chi connectivity index (χ3v) is 5.88. The minimum absolute atomic E-state index is 0.0389. The molecule has 1 aliphatic rings. The normalized spacial score (nSPS) is 15.4. The lowest BCUT2D eigenvalue weighted by Gasteiger charge is -2.15. The Morgan fingerprint density at radius 2 is 1.84 bits per heavy atom. The maximum Gasteiger partial charge on any atom is 0.303 e. The summed E-state index contributed by atoms with van der Waals surface area (Å²) in [5.74, 6) is -1.58. The first kappa shape index (κ1) is 21.9. The fourth-order valence-electron chi connectivity index (χ4n) is 3.78. The summed E-state index contributed by atoms with van der Waals surface area (Å²) in [7, 11) is 0. The maximum atomic E-state index is 13.0. The second-order valence-corrected chi connectivity index (χ2v) is 8.53. The number of amides is 1. The molecule has 0 spiro atoms. The molecule has 3 aromatic rings. The fraction of sp³-hybridized carbons (Fsp3) is 0.160. The second-order valence-electron chi connectivity index (χ2n) is 7.62. The standard InChI is InChI=1S/C25H22BrN3O3/c26-18-7-10-20-21(13-18)29-25(32)23(20)24(28-19-8-4-16(14-27)5-9-19)17-3-1-2-15(12-17)6-11-22(30)31/h1-5,7-10,12-13,23H,6,11,14,27H2,(H,29,32)(H,30,31). The molecule has 1 amide bonds. The quantitative estimate of drug-likeness (QED) is 0.413. The molecule has 0 saturated carbocycles. The van der Waals surface area contributed by atoms with Crippen molar-refractivity contribution in [1.29, 1.82) is 0 Å². The molecule has 6 nitrogen and oxygen atoms in total. The Morgan fingerprint density at radius 3 is 2.56 bits per heavy atom. The van der Waals surface area contributed by atoms with E-state index >= 15 is 0 Å². The van der Waals surface area contributed by atoms with Gasteiger partial charge >= 0.3 is 5.97 Å². The van der Waals surface area contributed by atoms with Crippen LogP contribution in [0, 0.1) is 0 Å². The predicted molar refractivity (Wildman–Crippen MR) is 128 cm³/mol. The molecule has 0 radical (unpaired) electrons. The first-order valence-electron chi connectivity index (χ1n) is 10.2. The van der Waals surface area contributed by atoms with E-state index in [2.05, 4.69) is 21.2 Å². The van der Waals surface area contributed by atoms with E-state index in [1.165, 1.54) is 0 Å². The highest BCUT2D eigenvalue weighted by Gasteiger charge is 2.35. The van der Waals surface area contributed by atoms with E-state index in [1.54, 1.807) is 0 Å². The number of fused-ring (bicyclic) bond motifs is 1. The van der Waals surface area contributed by atoms with Gasteiger partial charge in [0.05, 0.1) is 11.4 Å². The lowest BCUT2D eigenvalue weighted by molar-refractivity contribution is -0.137. The number of rotatable bonds is 7. The summed E-state index contributed by atoms with van der Waals surface area (Å²) in [6.45, 7) is 0.440. The zero-order valence-electron chi connectivity index (χ0n) is 17.2. The summed E-state index contributed by atoms with van der Waals surface area (Å²) in [4.78, 5) is 28.9. The van der Waals surface area contributed by atoms with Crippen LogP contribution in [0.25, 0.3) is 0 Å². The number of hydrogen-bond acceptors (Lipinski definition) is 4. The Bertz CT molecular complexity index is 1210. The van der Waals surface area contributed by atoms with Crippen LogP contribution < -0.4 is 11.1 Å². The molecule has 7 heteroatoms. The van der Waals surface area contributed by atoms with Crippen LogP contribution in [-0.4, -0.2) is 22.7 Å². The largest absolute Gasteiger partial charge is 0.481 e. The van der Waals surface area contributed by atoms with Crippen molar-refractivity contribution in [3.8, 4) is 0 Å². The molecular weight excluding hydrogens is 470 g/mol. The van der Waals surface area contributed by atoms with E-state index in [-0.39, 0.29) is 12.3 Å². The Hall–Kier alpha value is -3.29. The summed E-state index contributed by atoms with van der Waals surface area (Å²) in [5.41, 5.74) is 11.3. The van der Waals surface area contributed by atoms with Crippen LogP contribution >= 0.6 is 15.9 Å². The smallest absolute Gasteiger partial charge is 0.303 e. The van der Waals surface area contributed by atoms with Crippen molar-refractivity contribution in [2.75, 3.05) is 5.32 Å². The van der Waals surface area contributed by atoms with Gasteiger partial charge in [0.2, 0.25) is 5.91 Å². The van der Waals surface area contributed by atoms with E-state index in [9.17, 15) is 9.59 Å². The van der Waals surface area contributed by atoms with Gasteiger partial charge in [0, 0.05) is 23.1 Å². The van der Waals surface area contributed by atoms with E-state index in [0.717, 1.165) is 32.4 Å². The summed E-state index contributed by atoms with van der Waals surface area (Å²) in [6.07, 6.45) is 0.444. The predicted octanol–water partition coefficient (Wildman–Crippen LogP) is 4.78. The lowest BCUT2D eigenvalue weighted by Crippen LogP contribution is -2.22. The average Bonchev–Trinajstić information content (AvgIpc) is 3.11. The van der Waals surface area contributed by atoms with E-state index in [1.807, 2.05) is 66.7 Å². The number of aliphatic imine (C=N–C) groups is 1. The summed E-state index contributed by atoms with van der Waals surface area (Å²) in [5, 5.41) is 12.0. The summed E-state index contributed by atoms with van der Waals surface area (Å²) in [6, 6.07) is 20.9. The van der Waals surface area contributed by atoms with Gasteiger partial charge in [-0.3, -0.25) is 14.6 Å². The van der Waals surface area contributed by atoms with Gasteiger partial charge in [-0.05, 0) is 59.0 Å². The molecule has 1 atom stereocenters. The molecule has 3 aromatic carbocycles. The first-order valence-corrected chi connectivity index (χ1v) is 11.0. The van der Waals surface area contributed by atoms with Crippen molar-refractivity contribution in [3.63, 3.8) is 0 Å². The zero-order valence-corrected chi connectivity index (χ0v) is 18.8. The fourth-order valence-corrected chi connectivity index (χ4v) is 4.15. The molecule has 32 heavy (non-hydrogen) atoms. The molecule has 0 aliphatic carbocycles. The molecule has 0 saturated heterocycles. The van der Waals surface area contributed by atoms with Gasteiger partial charge in [-0.2, -0.15) is 0 Å². The van der Waals surface area contributed by atoms with Crippen molar-refractivity contribution in [3.05, 3.63) is 93.5 Å². The van der Waals surface area contributed by atoms with Crippen molar-refractivity contribution in [2.24, 2.45) is 10.7 Å². The SMILES string of the molecule is NCc1ccc(N=C(c2cccc(CCC(=O)O)c2)C2C(=O)Nc3cc(Br)ccc32)cc1. The molecule has 0 bridgehead atoms. The second kappa shape index (κ2) is 9.46. The Kier molecular flexibility index (Phi) is 6.48. The Balaban J connectivity index is 1.81. The molecule has 162 valence electrons. The van der Waals surface area contributed by atoms with Crippen LogP contribution in [0.5, 0.6) is 0 Å². The minimum Gasteiger partial charge on any atom is -0.481 e. The summed E-state index contributed by atoms with van der Waals surface area (Å²) < 4.78 is 0.878. The number of nitrogens with two attached hydrogens (primary N) is 1. The molecular formula is C25H22BrN3O3. The number of aliphatic carboxylic acids is 1. The number of hydrogen-bond donors (Lipinski definition) is 3. The number of benzene rings is 3.